The largest absolute Gasteiger partial charge is 0.472 e. The van der Waals surface area contributed by atoms with E-state index in [4.69, 9.17) is 18.5 Å². The lowest BCUT2D eigenvalue weighted by Crippen LogP contribution is -2.37. The van der Waals surface area contributed by atoms with Crippen molar-refractivity contribution >= 4 is 19.8 Å². The number of nitrogens with zero attached hydrogens (tertiary/aromatic N) is 1. The van der Waals surface area contributed by atoms with Gasteiger partial charge in [0.2, 0.25) is 0 Å². The zero-order valence-electron chi connectivity index (χ0n) is 35.4. The number of carbonyl (C=O) groups is 2. The molecule has 0 saturated heterocycles. The number of unbranched alkanes of at least 4 members (excludes halogenated alkanes) is 14. The maximum absolute atomic E-state index is 12.7. The van der Waals surface area contributed by atoms with Gasteiger partial charge in [0, 0.05) is 12.8 Å². The predicted octanol–water partition coefficient (Wildman–Crippen LogP) is 9.68. The van der Waals surface area contributed by atoms with Crippen LogP contribution in [0.25, 0.3) is 0 Å². The molecule has 3 N–H and O–H groups in total. The van der Waals surface area contributed by atoms with E-state index in [9.17, 15) is 29.3 Å². The molecule has 0 spiro atoms. The predicted molar refractivity (Wildman–Crippen MR) is 222 cm³/mol. The zero-order valence-corrected chi connectivity index (χ0v) is 36.3. The number of rotatable bonds is 38. The third-order valence-electron chi connectivity index (χ3n) is 9.12. The standard InChI is InChI=1S/C43H80NO10P/c1-6-8-10-12-14-16-18-20-22-24-26-28-31-40(45)41(46)32-30-34-42(47)51-37-39(38-53-55(49,50)52-36-35-44(3,4)5)54-43(48)33-29-27-25-23-21-19-17-15-13-11-9-7-2/h14,16,20,22,26,28,39-41,45-46H,6-13,15,17-19,21,23-25,27,29-38H2,1-5H3/p+1/b16-14-,22-20-,28-26-/t39-,40?,41?/m1/s1. The topological polar surface area (TPSA) is 149 Å². The molecule has 0 aliphatic rings. The van der Waals surface area contributed by atoms with Crippen molar-refractivity contribution in [2.24, 2.45) is 0 Å². The Morgan fingerprint density at radius 1 is 0.636 bits per heavy atom. The number of carbonyl (C=O) groups excluding carboxylic acids is 2. The molecule has 55 heavy (non-hydrogen) atoms. The number of aliphatic hydroxyl groups is 2. The summed E-state index contributed by atoms with van der Waals surface area (Å²) in [6.07, 6.45) is 30.8. The summed E-state index contributed by atoms with van der Waals surface area (Å²) >= 11 is 0. The molecule has 0 amide bonds. The lowest BCUT2D eigenvalue weighted by molar-refractivity contribution is -0.870. The fraction of sp³-hybridized carbons (Fsp3) is 0.814. The average molecular weight is 803 g/mol. The fourth-order valence-corrected chi connectivity index (χ4v) is 6.33. The van der Waals surface area contributed by atoms with Gasteiger partial charge in [-0.15, -0.1) is 0 Å². The number of aliphatic hydroxyl groups excluding tert-OH is 2. The highest BCUT2D eigenvalue weighted by molar-refractivity contribution is 7.47. The first-order valence-electron chi connectivity index (χ1n) is 21.4. The molecule has 0 saturated carbocycles. The number of ether oxygens (including phenoxy) is 2. The molecule has 0 aromatic rings. The molecule has 0 fully saturated rings. The highest BCUT2D eigenvalue weighted by Crippen LogP contribution is 2.43. The van der Waals surface area contributed by atoms with Crippen LogP contribution in [-0.4, -0.2) is 97.3 Å². The number of allylic oxidation sites excluding steroid dienone is 5. The summed E-state index contributed by atoms with van der Waals surface area (Å²) in [5.41, 5.74) is 0. The molecule has 0 aliphatic carbocycles. The van der Waals surface area contributed by atoms with Gasteiger partial charge in [-0.2, -0.15) is 0 Å². The van der Waals surface area contributed by atoms with Gasteiger partial charge in [-0.3, -0.25) is 18.6 Å². The lowest BCUT2D eigenvalue weighted by Gasteiger charge is -2.24. The van der Waals surface area contributed by atoms with E-state index in [0.717, 1.165) is 38.5 Å². The fourth-order valence-electron chi connectivity index (χ4n) is 5.59. The Hall–Kier alpha value is -1.85. The molecular formula is C43H81NO10P+. The summed E-state index contributed by atoms with van der Waals surface area (Å²) in [4.78, 5) is 35.3. The van der Waals surface area contributed by atoms with Gasteiger partial charge in [0.05, 0.1) is 40.0 Å². The van der Waals surface area contributed by atoms with Crippen LogP contribution in [0.3, 0.4) is 0 Å². The molecule has 0 rings (SSSR count). The molecule has 0 radical (unpaired) electrons. The van der Waals surface area contributed by atoms with Gasteiger partial charge < -0.3 is 29.1 Å². The summed E-state index contributed by atoms with van der Waals surface area (Å²) in [5.74, 6) is -1.08. The van der Waals surface area contributed by atoms with Gasteiger partial charge in [-0.1, -0.05) is 134 Å². The van der Waals surface area contributed by atoms with E-state index in [1.807, 2.05) is 33.3 Å². The Balaban J connectivity index is 4.61. The monoisotopic (exact) mass is 803 g/mol. The van der Waals surface area contributed by atoms with Crippen LogP contribution in [0.15, 0.2) is 36.5 Å². The molecule has 0 aromatic carbocycles. The van der Waals surface area contributed by atoms with Crippen LogP contribution in [0.1, 0.15) is 162 Å². The van der Waals surface area contributed by atoms with Gasteiger partial charge >= 0.3 is 19.8 Å². The minimum absolute atomic E-state index is 0.0127. The second kappa shape index (κ2) is 35.3. The van der Waals surface area contributed by atoms with Crippen molar-refractivity contribution in [2.45, 2.75) is 180 Å². The Labute approximate surface area is 335 Å². The van der Waals surface area contributed by atoms with Crippen molar-refractivity contribution in [2.75, 3.05) is 47.5 Å². The van der Waals surface area contributed by atoms with Crippen molar-refractivity contribution in [1.82, 2.24) is 0 Å². The second-order valence-corrected chi connectivity index (χ2v) is 17.1. The van der Waals surface area contributed by atoms with Crippen LogP contribution in [-0.2, 0) is 32.7 Å². The van der Waals surface area contributed by atoms with E-state index in [0.29, 0.717) is 23.9 Å². The average Bonchev–Trinajstić information content (AvgIpc) is 3.12. The molecule has 322 valence electrons. The smallest absolute Gasteiger partial charge is 0.462 e. The number of phosphoric ester groups is 1. The SMILES string of the molecule is CCCCC/C=C\C/C=C\C/C=C\CC(O)C(O)CCCC(=O)OC[C@H](COP(=O)(O)OCC[N+](C)(C)C)OC(=O)CCCCCCCCCCCCCC. The number of quaternary nitrogens is 1. The summed E-state index contributed by atoms with van der Waals surface area (Å²) in [5, 5.41) is 20.7. The van der Waals surface area contributed by atoms with E-state index < -0.39 is 44.7 Å². The minimum Gasteiger partial charge on any atom is -0.462 e. The number of phosphoric acid groups is 1. The first-order valence-corrected chi connectivity index (χ1v) is 22.9. The molecule has 0 aromatic heterocycles. The first-order chi connectivity index (χ1) is 26.3. The third-order valence-corrected chi connectivity index (χ3v) is 10.1. The first kappa shape index (κ1) is 53.1. The van der Waals surface area contributed by atoms with E-state index in [1.165, 1.54) is 70.6 Å². The van der Waals surface area contributed by atoms with Gasteiger partial charge in [0.15, 0.2) is 6.10 Å². The quantitative estimate of drug-likeness (QED) is 0.0181. The van der Waals surface area contributed by atoms with E-state index >= 15 is 0 Å². The summed E-state index contributed by atoms with van der Waals surface area (Å²) in [6.45, 7) is 4.04. The minimum atomic E-state index is -4.44. The van der Waals surface area contributed by atoms with Gasteiger partial charge in [0.1, 0.15) is 19.8 Å². The maximum Gasteiger partial charge on any atom is 0.472 e. The Kier molecular flexibility index (Phi) is 34.1. The molecule has 3 unspecified atom stereocenters. The van der Waals surface area contributed by atoms with Gasteiger partial charge in [-0.25, -0.2) is 4.57 Å². The van der Waals surface area contributed by atoms with Crippen molar-refractivity contribution in [3.8, 4) is 0 Å². The van der Waals surface area contributed by atoms with Crippen LogP contribution >= 0.6 is 7.82 Å². The molecule has 0 bridgehead atoms. The van der Waals surface area contributed by atoms with Crippen molar-refractivity contribution < 1.29 is 52.3 Å². The van der Waals surface area contributed by atoms with Crippen LogP contribution in [0, 0.1) is 0 Å². The van der Waals surface area contributed by atoms with Gasteiger partial charge in [0.25, 0.3) is 0 Å². The van der Waals surface area contributed by atoms with Crippen molar-refractivity contribution in [3.63, 3.8) is 0 Å². The van der Waals surface area contributed by atoms with Crippen LogP contribution in [0.2, 0.25) is 0 Å². The molecule has 0 aliphatic heterocycles. The molecule has 4 atom stereocenters. The van der Waals surface area contributed by atoms with Gasteiger partial charge in [-0.05, 0) is 51.4 Å². The van der Waals surface area contributed by atoms with E-state index in [2.05, 4.69) is 38.2 Å². The number of esters is 2. The van der Waals surface area contributed by atoms with Crippen molar-refractivity contribution in [1.29, 1.82) is 0 Å². The van der Waals surface area contributed by atoms with Crippen molar-refractivity contribution in [3.05, 3.63) is 36.5 Å². The highest BCUT2D eigenvalue weighted by Gasteiger charge is 2.27. The molecule has 11 nitrogen and oxygen atoms in total. The molecular weight excluding hydrogens is 721 g/mol. The van der Waals surface area contributed by atoms with Crippen LogP contribution in [0.4, 0.5) is 0 Å². The second-order valence-electron chi connectivity index (χ2n) is 15.7. The lowest BCUT2D eigenvalue weighted by atomic mass is 10.0. The number of likely N-dealkylation sites (N-methyl/N-ethyl adjacent to an activating group) is 1. The highest BCUT2D eigenvalue weighted by atomic mass is 31.2. The normalized spacial score (nSPS) is 15.1. The van der Waals surface area contributed by atoms with E-state index in [-0.39, 0.29) is 38.9 Å². The summed E-state index contributed by atoms with van der Waals surface area (Å²) in [7, 11) is 1.32. The molecule has 0 heterocycles. The number of hydrogen-bond donors (Lipinski definition) is 3. The molecule has 12 heteroatoms. The number of hydrogen-bond acceptors (Lipinski definition) is 9. The Morgan fingerprint density at radius 3 is 1.76 bits per heavy atom. The zero-order chi connectivity index (χ0) is 41.0. The Bertz CT molecular complexity index is 1070. The summed E-state index contributed by atoms with van der Waals surface area (Å²) < 4.78 is 34.0. The third kappa shape index (κ3) is 37.5. The van der Waals surface area contributed by atoms with Crippen LogP contribution < -0.4 is 0 Å². The van der Waals surface area contributed by atoms with E-state index in [1.54, 1.807) is 0 Å². The maximum atomic E-state index is 12.7. The summed E-state index contributed by atoms with van der Waals surface area (Å²) in [6, 6.07) is 0. The van der Waals surface area contributed by atoms with Crippen LogP contribution in [0.5, 0.6) is 0 Å². The Morgan fingerprint density at radius 2 is 1.16 bits per heavy atom.